The largest absolute Gasteiger partial charge is 0.378 e. The highest BCUT2D eigenvalue weighted by Gasteiger charge is 2.39. The third-order valence-corrected chi connectivity index (χ3v) is 4.63. The molecule has 20 heavy (non-hydrogen) atoms. The van der Waals surface area contributed by atoms with Crippen molar-refractivity contribution in [3.05, 3.63) is 34.6 Å². The van der Waals surface area contributed by atoms with Gasteiger partial charge < -0.3 is 10.1 Å². The third-order valence-electron chi connectivity index (χ3n) is 4.63. The summed E-state index contributed by atoms with van der Waals surface area (Å²) in [5, 5.41) is 3.56. The van der Waals surface area contributed by atoms with Crippen LogP contribution in [-0.4, -0.2) is 19.3 Å². The second-order valence-electron chi connectivity index (χ2n) is 6.01. The molecule has 2 rings (SSSR count). The van der Waals surface area contributed by atoms with Gasteiger partial charge in [-0.15, -0.1) is 0 Å². The number of benzene rings is 1. The van der Waals surface area contributed by atoms with E-state index in [0.717, 1.165) is 36.9 Å². The van der Waals surface area contributed by atoms with E-state index in [4.69, 9.17) is 4.74 Å². The second kappa shape index (κ2) is 6.23. The van der Waals surface area contributed by atoms with Crippen molar-refractivity contribution in [1.29, 1.82) is 0 Å². The molecule has 1 aliphatic rings. The van der Waals surface area contributed by atoms with E-state index >= 15 is 0 Å². The van der Waals surface area contributed by atoms with E-state index in [0.29, 0.717) is 0 Å². The van der Waals surface area contributed by atoms with Crippen molar-refractivity contribution >= 4 is 0 Å². The first-order valence-corrected chi connectivity index (χ1v) is 7.56. The summed E-state index contributed by atoms with van der Waals surface area (Å²) in [4.78, 5) is 0. The Morgan fingerprint density at radius 2 is 1.90 bits per heavy atom. The van der Waals surface area contributed by atoms with Gasteiger partial charge in [-0.05, 0) is 74.9 Å². The first kappa shape index (κ1) is 15.5. The summed E-state index contributed by atoms with van der Waals surface area (Å²) in [7, 11) is 1.81. The molecule has 0 aliphatic heterocycles. The standard InChI is InChI=1S/C17H26FNO/c1-5-19-15(11-17(20-4)7-6-8-17)16-12(2)9-14(18)10-13(16)3/h9-10,15,19H,5-8,11H2,1-4H3. The first-order chi connectivity index (χ1) is 9.51. The molecule has 0 amide bonds. The van der Waals surface area contributed by atoms with E-state index in [1.165, 1.54) is 12.0 Å². The Morgan fingerprint density at radius 1 is 1.30 bits per heavy atom. The van der Waals surface area contributed by atoms with Gasteiger partial charge in [-0.3, -0.25) is 0 Å². The van der Waals surface area contributed by atoms with Gasteiger partial charge in [0.15, 0.2) is 0 Å². The Morgan fingerprint density at radius 3 is 2.30 bits per heavy atom. The highest BCUT2D eigenvalue weighted by molar-refractivity contribution is 5.37. The molecule has 1 unspecified atom stereocenters. The highest BCUT2D eigenvalue weighted by Crippen LogP contribution is 2.42. The molecule has 1 aromatic carbocycles. The van der Waals surface area contributed by atoms with Crippen molar-refractivity contribution in [2.75, 3.05) is 13.7 Å². The van der Waals surface area contributed by atoms with E-state index in [2.05, 4.69) is 12.2 Å². The zero-order valence-electron chi connectivity index (χ0n) is 13.1. The zero-order valence-corrected chi connectivity index (χ0v) is 13.1. The zero-order chi connectivity index (χ0) is 14.8. The Hall–Kier alpha value is -0.930. The Labute approximate surface area is 121 Å². The smallest absolute Gasteiger partial charge is 0.123 e. The molecule has 1 aromatic rings. The lowest BCUT2D eigenvalue weighted by molar-refractivity contribution is -0.0838. The van der Waals surface area contributed by atoms with E-state index < -0.39 is 0 Å². The predicted molar refractivity (Wildman–Crippen MR) is 80.5 cm³/mol. The number of methoxy groups -OCH3 is 1. The van der Waals surface area contributed by atoms with E-state index in [1.807, 2.05) is 21.0 Å². The molecule has 3 heteroatoms. The minimum absolute atomic E-state index is 0.0140. The normalized spacial score (nSPS) is 18.6. The second-order valence-corrected chi connectivity index (χ2v) is 6.01. The summed E-state index contributed by atoms with van der Waals surface area (Å²) in [6.45, 7) is 7.01. The minimum Gasteiger partial charge on any atom is -0.378 e. The summed E-state index contributed by atoms with van der Waals surface area (Å²) < 4.78 is 19.3. The van der Waals surface area contributed by atoms with Crippen LogP contribution in [0.3, 0.4) is 0 Å². The molecule has 2 nitrogen and oxygen atoms in total. The van der Waals surface area contributed by atoms with Crippen molar-refractivity contribution in [3.8, 4) is 0 Å². The lowest BCUT2D eigenvalue weighted by Crippen LogP contribution is -2.43. The molecule has 112 valence electrons. The summed E-state index contributed by atoms with van der Waals surface area (Å²) in [5.74, 6) is -0.149. The molecule has 1 atom stereocenters. The fourth-order valence-electron chi connectivity index (χ4n) is 3.43. The van der Waals surface area contributed by atoms with Gasteiger partial charge in [0, 0.05) is 13.2 Å². The highest BCUT2D eigenvalue weighted by atomic mass is 19.1. The Bertz CT molecular complexity index is 440. The van der Waals surface area contributed by atoms with Gasteiger partial charge in [0.25, 0.3) is 0 Å². The maximum Gasteiger partial charge on any atom is 0.123 e. The summed E-state index contributed by atoms with van der Waals surface area (Å²) in [6, 6.07) is 3.50. The van der Waals surface area contributed by atoms with Crippen LogP contribution in [0.4, 0.5) is 4.39 Å². The number of hydrogen-bond acceptors (Lipinski definition) is 2. The first-order valence-electron chi connectivity index (χ1n) is 7.56. The molecular weight excluding hydrogens is 253 g/mol. The maximum absolute atomic E-state index is 13.5. The molecule has 1 N–H and O–H groups in total. The number of halogens is 1. The number of nitrogens with one attached hydrogen (secondary N) is 1. The van der Waals surface area contributed by atoms with Crippen LogP contribution < -0.4 is 5.32 Å². The Kier molecular flexibility index (Phi) is 4.82. The van der Waals surface area contributed by atoms with Crippen molar-refractivity contribution < 1.29 is 9.13 Å². The SMILES string of the molecule is CCNC(CC1(OC)CCC1)c1c(C)cc(F)cc1C. The van der Waals surface area contributed by atoms with Gasteiger partial charge >= 0.3 is 0 Å². The van der Waals surface area contributed by atoms with Crippen molar-refractivity contribution in [1.82, 2.24) is 5.32 Å². The van der Waals surface area contributed by atoms with Crippen LogP contribution in [-0.2, 0) is 4.74 Å². The van der Waals surface area contributed by atoms with E-state index in [9.17, 15) is 4.39 Å². The fourth-order valence-corrected chi connectivity index (χ4v) is 3.43. The van der Waals surface area contributed by atoms with Gasteiger partial charge in [0.2, 0.25) is 0 Å². The summed E-state index contributed by atoms with van der Waals surface area (Å²) in [5.41, 5.74) is 3.30. The van der Waals surface area contributed by atoms with Gasteiger partial charge in [-0.25, -0.2) is 4.39 Å². The minimum atomic E-state index is -0.149. The lowest BCUT2D eigenvalue weighted by atomic mass is 9.74. The molecule has 1 fully saturated rings. The number of hydrogen-bond donors (Lipinski definition) is 1. The predicted octanol–water partition coefficient (Wildman–Crippen LogP) is 4.05. The number of aryl methyl sites for hydroxylation is 2. The van der Waals surface area contributed by atoms with Gasteiger partial charge in [-0.2, -0.15) is 0 Å². The van der Waals surface area contributed by atoms with Crippen LogP contribution in [0.25, 0.3) is 0 Å². The van der Waals surface area contributed by atoms with Crippen LogP contribution in [0.1, 0.15) is 55.3 Å². The van der Waals surface area contributed by atoms with Crippen LogP contribution >= 0.6 is 0 Å². The van der Waals surface area contributed by atoms with Crippen LogP contribution in [0.15, 0.2) is 12.1 Å². The van der Waals surface area contributed by atoms with E-state index in [1.54, 1.807) is 12.1 Å². The summed E-state index contributed by atoms with van der Waals surface area (Å²) in [6.07, 6.45) is 4.47. The molecule has 0 bridgehead atoms. The van der Waals surface area contributed by atoms with Gasteiger partial charge in [-0.1, -0.05) is 6.92 Å². The molecule has 0 heterocycles. The molecule has 0 radical (unpaired) electrons. The van der Waals surface area contributed by atoms with Gasteiger partial charge in [0.1, 0.15) is 5.82 Å². The van der Waals surface area contributed by atoms with Crippen molar-refractivity contribution in [3.63, 3.8) is 0 Å². The monoisotopic (exact) mass is 279 g/mol. The third kappa shape index (κ3) is 3.04. The molecule has 0 aromatic heterocycles. The van der Waals surface area contributed by atoms with Gasteiger partial charge in [0.05, 0.1) is 5.60 Å². The van der Waals surface area contributed by atoms with Crippen molar-refractivity contribution in [2.45, 2.75) is 58.1 Å². The van der Waals surface area contributed by atoms with Crippen LogP contribution in [0, 0.1) is 19.7 Å². The average Bonchev–Trinajstić information content (AvgIpc) is 2.32. The van der Waals surface area contributed by atoms with Crippen LogP contribution in [0.2, 0.25) is 0 Å². The Balaban J connectivity index is 2.29. The van der Waals surface area contributed by atoms with Crippen molar-refractivity contribution in [2.24, 2.45) is 0 Å². The molecule has 0 spiro atoms. The van der Waals surface area contributed by atoms with E-state index in [-0.39, 0.29) is 17.5 Å². The summed E-state index contributed by atoms with van der Waals surface area (Å²) >= 11 is 0. The molecule has 1 saturated carbocycles. The fraction of sp³-hybridized carbons (Fsp3) is 0.647. The van der Waals surface area contributed by atoms with Crippen LogP contribution in [0.5, 0.6) is 0 Å². The quantitative estimate of drug-likeness (QED) is 0.848. The lowest BCUT2D eigenvalue weighted by Gasteiger charge is -2.43. The number of rotatable bonds is 6. The molecule has 1 aliphatic carbocycles. The number of ether oxygens (including phenoxy) is 1. The molecular formula is C17H26FNO. The maximum atomic E-state index is 13.5. The average molecular weight is 279 g/mol. The topological polar surface area (TPSA) is 21.3 Å². The molecule has 0 saturated heterocycles.